The summed E-state index contributed by atoms with van der Waals surface area (Å²) < 4.78 is 0. The van der Waals surface area contributed by atoms with E-state index in [4.69, 9.17) is 0 Å². The highest BCUT2D eigenvalue weighted by Gasteiger charge is 2.09. The van der Waals surface area contributed by atoms with Crippen LogP contribution >= 0.6 is 0 Å². The highest BCUT2D eigenvalue weighted by Crippen LogP contribution is 2.20. The van der Waals surface area contributed by atoms with E-state index in [1.807, 2.05) is 12.2 Å². The van der Waals surface area contributed by atoms with E-state index in [1.54, 1.807) is 6.08 Å². The van der Waals surface area contributed by atoms with E-state index in [1.165, 1.54) is 44.1 Å². The second-order valence-electron chi connectivity index (χ2n) is 4.52. The summed E-state index contributed by atoms with van der Waals surface area (Å²) in [5, 5.41) is 0. The van der Waals surface area contributed by atoms with Crippen LogP contribution in [-0.4, -0.2) is 19.4 Å². The lowest BCUT2D eigenvalue weighted by Crippen LogP contribution is -2.29. The van der Waals surface area contributed by atoms with E-state index >= 15 is 0 Å². The maximum atomic E-state index is 10.1. The fraction of sp³-hybridized carbons (Fsp3) is 0.312. The summed E-state index contributed by atoms with van der Waals surface area (Å²) in [4.78, 5) is 12.6. The molecule has 0 spiro atoms. The zero-order valence-electron chi connectivity index (χ0n) is 10.6. The molecular formula is C16H19NO. The zero-order valence-corrected chi connectivity index (χ0v) is 10.6. The number of carbonyl (C=O) groups excluding carboxylic acids is 1. The normalized spacial score (nSPS) is 16.6. The molecule has 2 heteroatoms. The van der Waals surface area contributed by atoms with Gasteiger partial charge in [0, 0.05) is 18.8 Å². The van der Waals surface area contributed by atoms with Crippen LogP contribution in [0.2, 0.25) is 0 Å². The van der Waals surface area contributed by atoms with E-state index in [2.05, 4.69) is 29.2 Å². The minimum absolute atomic E-state index is 0.782. The number of nitrogens with zero attached hydrogens (tertiary/aromatic N) is 1. The van der Waals surface area contributed by atoms with Crippen molar-refractivity contribution in [1.82, 2.24) is 0 Å². The number of hydrogen-bond acceptors (Lipinski definition) is 2. The average molecular weight is 241 g/mol. The number of carbonyl (C=O) groups is 1. The summed E-state index contributed by atoms with van der Waals surface area (Å²) in [5.74, 6) is 0. The molecule has 1 fully saturated rings. The number of aldehydes is 1. The van der Waals surface area contributed by atoms with Gasteiger partial charge in [0.1, 0.15) is 6.29 Å². The molecule has 2 rings (SSSR count). The first-order valence-corrected chi connectivity index (χ1v) is 6.54. The molecule has 1 aromatic rings. The zero-order chi connectivity index (χ0) is 12.6. The Balaban J connectivity index is 1.98. The van der Waals surface area contributed by atoms with Crippen molar-refractivity contribution in [2.24, 2.45) is 0 Å². The Morgan fingerprint density at radius 2 is 1.61 bits per heavy atom. The van der Waals surface area contributed by atoms with Gasteiger partial charge in [-0.1, -0.05) is 30.4 Å². The Bertz CT molecular complexity index is 425. The van der Waals surface area contributed by atoms with Gasteiger partial charge in [-0.2, -0.15) is 0 Å². The highest BCUT2D eigenvalue weighted by molar-refractivity contribution is 5.66. The van der Waals surface area contributed by atoms with Crippen molar-refractivity contribution in [3.8, 4) is 0 Å². The molecule has 94 valence electrons. The molecule has 1 saturated heterocycles. The van der Waals surface area contributed by atoms with Gasteiger partial charge >= 0.3 is 0 Å². The second-order valence-corrected chi connectivity index (χ2v) is 4.52. The molecule has 0 bridgehead atoms. The van der Waals surface area contributed by atoms with Gasteiger partial charge in [0.05, 0.1) is 0 Å². The van der Waals surface area contributed by atoms with Gasteiger partial charge in [-0.05, 0) is 43.0 Å². The minimum Gasteiger partial charge on any atom is -0.372 e. The molecule has 0 aliphatic carbocycles. The molecule has 0 amide bonds. The van der Waals surface area contributed by atoms with Crippen LogP contribution in [0.25, 0.3) is 6.08 Å². The first-order valence-electron chi connectivity index (χ1n) is 6.54. The molecule has 1 heterocycles. The molecule has 0 aromatic heterocycles. The Labute approximate surface area is 109 Å². The van der Waals surface area contributed by atoms with Crippen LogP contribution in [0.3, 0.4) is 0 Å². The van der Waals surface area contributed by atoms with E-state index in [0.717, 1.165) is 11.8 Å². The van der Waals surface area contributed by atoms with Crippen LogP contribution in [0.1, 0.15) is 24.8 Å². The SMILES string of the molecule is O=CC=CC=Cc1ccc(N2CCCCC2)cc1. The van der Waals surface area contributed by atoms with Crippen molar-refractivity contribution in [2.75, 3.05) is 18.0 Å². The van der Waals surface area contributed by atoms with E-state index < -0.39 is 0 Å². The minimum atomic E-state index is 0.782. The Morgan fingerprint density at radius 3 is 2.28 bits per heavy atom. The summed E-state index contributed by atoms with van der Waals surface area (Å²) in [6, 6.07) is 8.59. The lowest BCUT2D eigenvalue weighted by molar-refractivity contribution is -0.104. The summed E-state index contributed by atoms with van der Waals surface area (Å²) >= 11 is 0. The van der Waals surface area contributed by atoms with Crippen molar-refractivity contribution in [3.05, 3.63) is 48.1 Å². The molecule has 0 saturated carbocycles. The van der Waals surface area contributed by atoms with E-state index in [0.29, 0.717) is 0 Å². The molecule has 1 aromatic carbocycles. The summed E-state index contributed by atoms with van der Waals surface area (Å²) in [7, 11) is 0. The van der Waals surface area contributed by atoms with E-state index in [-0.39, 0.29) is 0 Å². The van der Waals surface area contributed by atoms with Crippen LogP contribution in [0.15, 0.2) is 42.5 Å². The first kappa shape index (κ1) is 12.6. The molecule has 2 nitrogen and oxygen atoms in total. The quantitative estimate of drug-likeness (QED) is 0.457. The van der Waals surface area contributed by atoms with Gasteiger partial charge in [-0.3, -0.25) is 4.79 Å². The summed E-state index contributed by atoms with van der Waals surface area (Å²) in [6.07, 6.45) is 11.9. The van der Waals surface area contributed by atoms with Crippen LogP contribution in [-0.2, 0) is 4.79 Å². The fourth-order valence-electron chi connectivity index (χ4n) is 2.22. The van der Waals surface area contributed by atoms with Crippen molar-refractivity contribution in [3.63, 3.8) is 0 Å². The third-order valence-corrected chi connectivity index (χ3v) is 3.20. The molecule has 1 aliphatic heterocycles. The Morgan fingerprint density at radius 1 is 0.889 bits per heavy atom. The molecule has 0 N–H and O–H groups in total. The van der Waals surface area contributed by atoms with Crippen LogP contribution in [0.4, 0.5) is 5.69 Å². The number of hydrogen-bond donors (Lipinski definition) is 0. The molecule has 0 radical (unpaired) electrons. The van der Waals surface area contributed by atoms with Crippen LogP contribution in [0, 0.1) is 0 Å². The maximum Gasteiger partial charge on any atom is 0.142 e. The van der Waals surface area contributed by atoms with Gasteiger partial charge in [0.15, 0.2) is 0 Å². The van der Waals surface area contributed by atoms with Gasteiger partial charge in [-0.15, -0.1) is 0 Å². The smallest absolute Gasteiger partial charge is 0.142 e. The van der Waals surface area contributed by atoms with Gasteiger partial charge in [-0.25, -0.2) is 0 Å². The van der Waals surface area contributed by atoms with Crippen LogP contribution in [0.5, 0.6) is 0 Å². The predicted octanol–water partition coefficient (Wildman–Crippen LogP) is 3.45. The number of rotatable bonds is 4. The predicted molar refractivity (Wildman–Crippen MR) is 76.7 cm³/mol. The number of benzene rings is 1. The molecule has 0 atom stereocenters. The lowest BCUT2D eigenvalue weighted by Gasteiger charge is -2.28. The third-order valence-electron chi connectivity index (χ3n) is 3.20. The number of anilines is 1. The van der Waals surface area contributed by atoms with Gasteiger partial charge < -0.3 is 4.90 Å². The van der Waals surface area contributed by atoms with Crippen LogP contribution < -0.4 is 4.90 Å². The highest BCUT2D eigenvalue weighted by atomic mass is 16.1. The average Bonchev–Trinajstić information content (AvgIpc) is 2.45. The van der Waals surface area contributed by atoms with Crippen molar-refractivity contribution >= 4 is 18.0 Å². The Kier molecular flexibility index (Phi) is 4.77. The summed E-state index contributed by atoms with van der Waals surface area (Å²) in [5.41, 5.74) is 2.47. The topological polar surface area (TPSA) is 20.3 Å². The van der Waals surface area contributed by atoms with Crippen molar-refractivity contribution in [2.45, 2.75) is 19.3 Å². The first-order chi connectivity index (χ1) is 8.90. The standard InChI is InChI=1S/C16H19NO/c18-14-6-1-3-7-15-8-10-16(11-9-15)17-12-4-2-5-13-17/h1,3,6-11,14H,2,4-5,12-13H2. The third kappa shape index (κ3) is 3.59. The number of allylic oxidation sites excluding steroid dienone is 3. The Hall–Kier alpha value is -1.83. The van der Waals surface area contributed by atoms with Crippen molar-refractivity contribution < 1.29 is 4.79 Å². The molecule has 0 unspecified atom stereocenters. The monoisotopic (exact) mass is 241 g/mol. The maximum absolute atomic E-state index is 10.1. The largest absolute Gasteiger partial charge is 0.372 e. The van der Waals surface area contributed by atoms with Gasteiger partial charge in [0.2, 0.25) is 0 Å². The fourth-order valence-corrected chi connectivity index (χ4v) is 2.22. The van der Waals surface area contributed by atoms with E-state index in [9.17, 15) is 4.79 Å². The van der Waals surface area contributed by atoms with Gasteiger partial charge in [0.25, 0.3) is 0 Å². The number of piperidine rings is 1. The molecule has 1 aliphatic rings. The summed E-state index contributed by atoms with van der Waals surface area (Å²) in [6.45, 7) is 2.36. The van der Waals surface area contributed by atoms with Crippen molar-refractivity contribution in [1.29, 1.82) is 0 Å². The second kappa shape index (κ2) is 6.80. The molecular weight excluding hydrogens is 222 g/mol. The molecule has 18 heavy (non-hydrogen) atoms. The lowest BCUT2D eigenvalue weighted by atomic mass is 10.1.